The van der Waals surface area contributed by atoms with Crippen LogP contribution in [0.4, 0.5) is 5.95 Å². The zero-order valence-electron chi connectivity index (χ0n) is 5.54. The van der Waals surface area contributed by atoms with Crippen molar-refractivity contribution in [2.75, 3.05) is 5.73 Å². The number of nitrogens with two attached hydrogens (primary N) is 1. The number of hydrogen-bond acceptors (Lipinski definition) is 4. The first-order valence-corrected chi connectivity index (χ1v) is 3.83. The molecule has 1 aromatic heterocycles. The van der Waals surface area contributed by atoms with Crippen LogP contribution in [-0.2, 0) is 0 Å². The van der Waals surface area contributed by atoms with Gasteiger partial charge in [0.2, 0.25) is 5.95 Å². The fourth-order valence-electron chi connectivity index (χ4n) is 0.527. The molecule has 0 unspecified atom stereocenters. The molecule has 0 aliphatic heterocycles. The van der Waals surface area contributed by atoms with Crippen LogP contribution in [-0.4, -0.2) is 24.5 Å². The molecule has 0 aliphatic carbocycles. The average molecular weight is 229 g/mol. The maximum absolute atomic E-state index is 11.1. The van der Waals surface area contributed by atoms with E-state index < -0.39 is 9.70 Å². The molecule has 0 saturated carbocycles. The Bertz CT molecular complexity index is 303. The largest absolute Gasteiger partial charge is 0.368 e. The second kappa shape index (κ2) is 3.08. The first-order valence-electron chi connectivity index (χ1n) is 2.70. The first kappa shape index (κ1) is 9.57. The Morgan fingerprint density at radius 1 is 1.58 bits per heavy atom. The van der Waals surface area contributed by atoms with Gasteiger partial charge in [0.15, 0.2) is 0 Å². The van der Waals surface area contributed by atoms with E-state index in [4.69, 9.17) is 40.5 Å². The number of halogens is 3. The van der Waals surface area contributed by atoms with Crippen LogP contribution in [0.15, 0.2) is 6.33 Å². The predicted molar refractivity (Wildman–Crippen MR) is 45.4 cm³/mol. The number of hydrogen-bond donors (Lipinski definition) is 1. The minimum atomic E-state index is -2.07. The van der Waals surface area contributed by atoms with Crippen molar-refractivity contribution < 1.29 is 4.79 Å². The van der Waals surface area contributed by atoms with E-state index in [1.54, 1.807) is 0 Å². The summed E-state index contributed by atoms with van der Waals surface area (Å²) in [5.74, 6) is -0.978. The van der Waals surface area contributed by atoms with Crippen molar-refractivity contribution in [3.05, 3.63) is 6.33 Å². The molecule has 1 rings (SSSR count). The van der Waals surface area contributed by atoms with E-state index in [0.717, 1.165) is 6.33 Å². The summed E-state index contributed by atoms with van der Waals surface area (Å²) in [6, 6.07) is 0. The summed E-state index contributed by atoms with van der Waals surface area (Å²) in [6.45, 7) is 0. The number of carbonyl (C=O) groups excluding carboxylic acids is 1. The molecule has 0 saturated heterocycles. The minimum absolute atomic E-state index is 0.119. The van der Waals surface area contributed by atoms with Crippen molar-refractivity contribution in [1.82, 2.24) is 14.8 Å². The number of anilines is 1. The number of aromatic nitrogens is 3. The average Bonchev–Trinajstić information content (AvgIpc) is 2.31. The molecule has 0 radical (unpaired) electrons. The van der Waals surface area contributed by atoms with Crippen molar-refractivity contribution in [1.29, 1.82) is 0 Å². The smallest absolute Gasteiger partial charge is 0.302 e. The summed E-state index contributed by atoms with van der Waals surface area (Å²) in [7, 11) is 0. The second-order valence-corrected chi connectivity index (χ2v) is 4.11. The van der Waals surface area contributed by atoms with Crippen LogP contribution in [0, 0.1) is 0 Å². The summed E-state index contributed by atoms with van der Waals surface area (Å²) in [5, 5.41) is 3.46. The van der Waals surface area contributed by atoms with E-state index in [2.05, 4.69) is 10.1 Å². The molecule has 0 aliphatic rings. The molecule has 12 heavy (non-hydrogen) atoms. The van der Waals surface area contributed by atoms with E-state index in [1.165, 1.54) is 0 Å². The fourth-order valence-corrected chi connectivity index (χ4v) is 0.767. The lowest BCUT2D eigenvalue weighted by molar-refractivity contribution is 0.0905. The summed E-state index contributed by atoms with van der Waals surface area (Å²) in [5.41, 5.74) is 5.23. The van der Waals surface area contributed by atoms with Crippen molar-refractivity contribution in [2.24, 2.45) is 0 Å². The molecular formula is C4H3Cl3N4O. The number of alkyl halides is 3. The molecule has 0 bridgehead atoms. The fraction of sp³-hybridized carbons (Fsp3) is 0.250. The molecule has 66 valence electrons. The highest BCUT2D eigenvalue weighted by atomic mass is 35.6. The van der Waals surface area contributed by atoms with Gasteiger partial charge in [0.25, 0.3) is 3.79 Å². The molecule has 1 aromatic rings. The zero-order valence-corrected chi connectivity index (χ0v) is 7.81. The van der Waals surface area contributed by atoms with E-state index in [1.807, 2.05) is 0 Å². The van der Waals surface area contributed by atoms with Gasteiger partial charge in [-0.15, -0.1) is 0 Å². The van der Waals surface area contributed by atoms with E-state index in [9.17, 15) is 4.79 Å². The first-order chi connectivity index (χ1) is 5.43. The van der Waals surface area contributed by atoms with Crippen LogP contribution in [0.2, 0.25) is 0 Å². The quantitative estimate of drug-likeness (QED) is 0.670. The molecule has 0 aromatic carbocycles. The maximum atomic E-state index is 11.1. The molecule has 0 amide bonds. The highest BCUT2D eigenvalue weighted by Gasteiger charge is 2.33. The van der Waals surface area contributed by atoms with Crippen LogP contribution in [0.5, 0.6) is 0 Å². The van der Waals surface area contributed by atoms with Crippen LogP contribution in [0.25, 0.3) is 0 Å². The molecule has 0 spiro atoms. The monoisotopic (exact) mass is 228 g/mol. The molecule has 2 N–H and O–H groups in total. The normalized spacial score (nSPS) is 11.6. The Morgan fingerprint density at radius 2 is 2.17 bits per heavy atom. The van der Waals surface area contributed by atoms with Gasteiger partial charge < -0.3 is 5.73 Å². The van der Waals surface area contributed by atoms with Gasteiger partial charge in [-0.05, 0) is 0 Å². The summed E-state index contributed by atoms with van der Waals surface area (Å²) in [6.07, 6.45) is 1.09. The van der Waals surface area contributed by atoms with Crippen molar-refractivity contribution in [3.8, 4) is 0 Å². The lowest BCUT2D eigenvalue weighted by atomic mass is 10.7. The third-order valence-corrected chi connectivity index (χ3v) is 1.49. The molecule has 5 nitrogen and oxygen atoms in total. The minimum Gasteiger partial charge on any atom is -0.368 e. The van der Waals surface area contributed by atoms with E-state index >= 15 is 0 Å². The van der Waals surface area contributed by atoms with Crippen LogP contribution in [0.1, 0.15) is 4.79 Å². The second-order valence-electron chi connectivity index (χ2n) is 1.83. The van der Waals surface area contributed by atoms with Gasteiger partial charge in [-0.1, -0.05) is 34.8 Å². The third-order valence-electron chi connectivity index (χ3n) is 1.01. The van der Waals surface area contributed by atoms with Gasteiger partial charge in [-0.3, -0.25) is 4.79 Å². The maximum Gasteiger partial charge on any atom is 0.302 e. The van der Waals surface area contributed by atoms with Crippen molar-refractivity contribution in [2.45, 2.75) is 3.79 Å². The van der Waals surface area contributed by atoms with Crippen LogP contribution >= 0.6 is 34.8 Å². The third kappa shape index (κ3) is 1.80. The molecule has 0 fully saturated rings. The number of nitrogens with zero attached hydrogens (tertiary/aromatic N) is 3. The van der Waals surface area contributed by atoms with Crippen LogP contribution in [0.3, 0.4) is 0 Å². The van der Waals surface area contributed by atoms with Gasteiger partial charge in [0.1, 0.15) is 6.33 Å². The SMILES string of the molecule is Nc1ncnn1C(=O)C(Cl)(Cl)Cl. The van der Waals surface area contributed by atoms with E-state index in [-0.39, 0.29) is 5.95 Å². The zero-order chi connectivity index (χ0) is 9.35. The Kier molecular flexibility index (Phi) is 2.46. The van der Waals surface area contributed by atoms with Crippen molar-refractivity contribution >= 4 is 46.7 Å². The standard InChI is InChI=1S/C4H3Cl3N4O/c5-4(6,7)2(12)11-3(8)9-1-10-11/h1H,(H2,8,9,10). The lowest BCUT2D eigenvalue weighted by Crippen LogP contribution is -2.28. The van der Waals surface area contributed by atoms with Gasteiger partial charge >= 0.3 is 5.91 Å². The Morgan fingerprint density at radius 3 is 2.50 bits per heavy atom. The number of nitrogen functional groups attached to an aromatic ring is 1. The van der Waals surface area contributed by atoms with Crippen LogP contribution < -0.4 is 5.73 Å². The molecule has 8 heteroatoms. The Balaban J connectivity index is 3.01. The Labute approximate surface area is 82.4 Å². The van der Waals surface area contributed by atoms with Gasteiger partial charge in [0.05, 0.1) is 0 Å². The highest BCUT2D eigenvalue weighted by molar-refractivity contribution is 6.76. The molecule has 1 heterocycles. The number of carbonyl (C=O) groups is 1. The van der Waals surface area contributed by atoms with E-state index in [0.29, 0.717) is 4.68 Å². The topological polar surface area (TPSA) is 73.8 Å². The number of rotatable bonds is 0. The van der Waals surface area contributed by atoms with Crippen molar-refractivity contribution in [3.63, 3.8) is 0 Å². The molecule has 0 atom stereocenters. The summed E-state index contributed by atoms with van der Waals surface area (Å²) in [4.78, 5) is 14.6. The van der Waals surface area contributed by atoms with Gasteiger partial charge in [0, 0.05) is 0 Å². The lowest BCUT2D eigenvalue weighted by Gasteiger charge is -2.08. The summed E-state index contributed by atoms with van der Waals surface area (Å²) >= 11 is 15.9. The van der Waals surface area contributed by atoms with Gasteiger partial charge in [-0.2, -0.15) is 14.8 Å². The molecular weight excluding hydrogens is 226 g/mol. The summed E-state index contributed by atoms with van der Waals surface area (Å²) < 4.78 is -1.35. The van der Waals surface area contributed by atoms with Gasteiger partial charge in [-0.25, -0.2) is 0 Å². The Hall–Kier alpha value is -0.520. The predicted octanol–water partition coefficient (Wildman–Crippen LogP) is 0.871. The highest BCUT2D eigenvalue weighted by Crippen LogP contribution is 2.28.